The summed E-state index contributed by atoms with van der Waals surface area (Å²) >= 11 is 1.41. The Balaban J connectivity index is 1.79. The van der Waals surface area contributed by atoms with Gasteiger partial charge < -0.3 is 15.1 Å². The van der Waals surface area contributed by atoms with Gasteiger partial charge in [0.05, 0.1) is 23.8 Å². The van der Waals surface area contributed by atoms with Crippen molar-refractivity contribution in [3.63, 3.8) is 0 Å². The van der Waals surface area contributed by atoms with E-state index in [4.69, 9.17) is 0 Å². The number of hydrogen-bond acceptors (Lipinski definition) is 5. The molecule has 1 aliphatic carbocycles. The molecule has 6 heteroatoms. The Morgan fingerprint density at radius 1 is 1.27 bits per heavy atom. The van der Waals surface area contributed by atoms with Gasteiger partial charge in [-0.3, -0.25) is 4.79 Å². The van der Waals surface area contributed by atoms with Crippen molar-refractivity contribution in [2.45, 2.75) is 56.9 Å². The highest BCUT2D eigenvalue weighted by Gasteiger charge is 2.57. The van der Waals surface area contributed by atoms with Crippen molar-refractivity contribution in [2.75, 3.05) is 0 Å². The number of amides is 1. The largest absolute Gasteiger partial charge is 0.390 e. The lowest BCUT2D eigenvalue weighted by Crippen LogP contribution is -2.49. The molecule has 26 heavy (non-hydrogen) atoms. The number of carbonyl (C=O) groups is 1. The third-order valence-electron chi connectivity index (χ3n) is 6.15. The highest BCUT2D eigenvalue weighted by atomic mass is 32.1. The second-order valence-corrected chi connectivity index (χ2v) is 8.40. The van der Waals surface area contributed by atoms with Crippen LogP contribution in [0.1, 0.15) is 54.7 Å². The topological polar surface area (TPSA) is 73.7 Å². The van der Waals surface area contributed by atoms with E-state index in [0.29, 0.717) is 18.5 Å². The maximum Gasteiger partial charge on any atom is 0.274 e. The predicted octanol–water partition coefficient (Wildman–Crippen LogP) is 3.01. The van der Waals surface area contributed by atoms with Gasteiger partial charge in [0.15, 0.2) is 0 Å². The zero-order valence-corrected chi connectivity index (χ0v) is 15.6. The molecule has 4 rings (SSSR count). The van der Waals surface area contributed by atoms with E-state index in [1.165, 1.54) is 11.3 Å². The summed E-state index contributed by atoms with van der Waals surface area (Å²) in [7, 11) is 0. The van der Waals surface area contributed by atoms with Crippen molar-refractivity contribution in [1.82, 2.24) is 9.88 Å². The van der Waals surface area contributed by atoms with Gasteiger partial charge >= 0.3 is 0 Å². The van der Waals surface area contributed by atoms with E-state index < -0.39 is 17.6 Å². The number of likely N-dealkylation sites (tertiary alicyclic amines) is 1. The van der Waals surface area contributed by atoms with Gasteiger partial charge in [0.25, 0.3) is 5.91 Å². The van der Waals surface area contributed by atoms with Gasteiger partial charge in [-0.25, -0.2) is 4.98 Å². The number of benzene rings is 1. The van der Waals surface area contributed by atoms with Crippen LogP contribution < -0.4 is 0 Å². The fourth-order valence-electron chi connectivity index (χ4n) is 4.78. The number of aromatic nitrogens is 1. The number of carbonyl (C=O) groups excluding carboxylic acids is 1. The van der Waals surface area contributed by atoms with Crippen molar-refractivity contribution in [1.29, 1.82) is 0 Å². The Bertz CT molecular complexity index is 767. The summed E-state index contributed by atoms with van der Waals surface area (Å²) in [6.45, 7) is 2.02. The average molecular weight is 372 g/mol. The number of aliphatic hydroxyl groups is 2. The molecule has 0 spiro atoms. The van der Waals surface area contributed by atoms with Gasteiger partial charge in [0, 0.05) is 16.8 Å². The first-order chi connectivity index (χ1) is 12.5. The summed E-state index contributed by atoms with van der Waals surface area (Å²) in [5, 5.41) is 23.0. The van der Waals surface area contributed by atoms with Crippen LogP contribution >= 0.6 is 11.3 Å². The maximum absolute atomic E-state index is 13.3. The van der Waals surface area contributed by atoms with Gasteiger partial charge in [0.2, 0.25) is 0 Å². The molecule has 2 aliphatic rings. The van der Waals surface area contributed by atoms with E-state index in [9.17, 15) is 15.0 Å². The monoisotopic (exact) mass is 372 g/mol. The van der Waals surface area contributed by atoms with E-state index in [2.05, 4.69) is 4.98 Å². The van der Waals surface area contributed by atoms with E-state index >= 15 is 0 Å². The van der Waals surface area contributed by atoms with Crippen LogP contribution in [-0.2, 0) is 0 Å². The molecule has 0 unspecified atom stereocenters. The zero-order valence-electron chi connectivity index (χ0n) is 14.8. The molecule has 1 aliphatic heterocycles. The first kappa shape index (κ1) is 17.6. The van der Waals surface area contributed by atoms with E-state index in [1.54, 1.807) is 10.9 Å². The second-order valence-electron chi connectivity index (χ2n) is 7.68. The lowest BCUT2D eigenvalue weighted by atomic mass is 9.74. The van der Waals surface area contributed by atoms with Crippen LogP contribution in [0.5, 0.6) is 0 Å². The van der Waals surface area contributed by atoms with Crippen molar-refractivity contribution < 1.29 is 15.0 Å². The number of hydrogen-bond donors (Lipinski definition) is 2. The standard InChI is InChI=1S/C20H24N2O3S/c1-20-10-15(13-6-3-2-4-7-13)22(19(25)14-11-26-12-21-14)17(20)9-5-8-16(23)18(20)24/h2-4,6-7,11-12,15-18,23-24H,5,8-10H2,1H3/t15-,16+,17-,18+,20-/m1/s1. The quantitative estimate of drug-likeness (QED) is 0.850. The minimum absolute atomic E-state index is 0.0857. The molecule has 2 fully saturated rings. The van der Waals surface area contributed by atoms with Crippen LogP contribution in [-0.4, -0.2) is 44.3 Å². The summed E-state index contributed by atoms with van der Waals surface area (Å²) < 4.78 is 0. The summed E-state index contributed by atoms with van der Waals surface area (Å²) in [6.07, 6.45) is 1.20. The van der Waals surface area contributed by atoms with Crippen molar-refractivity contribution in [2.24, 2.45) is 5.41 Å². The SMILES string of the molecule is C[C@@]12C[C@H](c3ccccc3)N(C(=O)c3cscn3)[C@@H]1CCC[C@H](O)[C@@H]2O. The molecule has 0 radical (unpaired) electrons. The molecule has 1 saturated carbocycles. The normalized spacial score (nSPS) is 34.3. The molecule has 1 amide bonds. The van der Waals surface area contributed by atoms with Crippen molar-refractivity contribution >= 4 is 17.2 Å². The second kappa shape index (κ2) is 6.76. The third kappa shape index (κ3) is 2.76. The van der Waals surface area contributed by atoms with E-state index in [0.717, 1.165) is 18.4 Å². The molecule has 138 valence electrons. The molecular weight excluding hydrogens is 348 g/mol. The van der Waals surface area contributed by atoms with Gasteiger partial charge in [0.1, 0.15) is 5.69 Å². The summed E-state index contributed by atoms with van der Waals surface area (Å²) in [4.78, 5) is 19.5. The fourth-order valence-corrected chi connectivity index (χ4v) is 5.30. The number of thiazole rings is 1. The molecular formula is C20H24N2O3S. The van der Waals surface area contributed by atoms with Crippen LogP contribution in [0.4, 0.5) is 0 Å². The van der Waals surface area contributed by atoms with Gasteiger partial charge in [-0.05, 0) is 31.2 Å². The van der Waals surface area contributed by atoms with E-state index in [1.807, 2.05) is 42.2 Å². The van der Waals surface area contributed by atoms with Crippen LogP contribution in [0, 0.1) is 5.41 Å². The maximum atomic E-state index is 13.3. The first-order valence-electron chi connectivity index (χ1n) is 9.14. The Hall–Kier alpha value is -1.76. The Morgan fingerprint density at radius 3 is 2.73 bits per heavy atom. The average Bonchev–Trinajstić information content (AvgIpc) is 3.27. The Labute approximate surface area is 157 Å². The Morgan fingerprint density at radius 2 is 2.04 bits per heavy atom. The van der Waals surface area contributed by atoms with Crippen LogP contribution in [0.15, 0.2) is 41.2 Å². The number of fused-ring (bicyclic) bond motifs is 1. The van der Waals surface area contributed by atoms with Crippen molar-refractivity contribution in [3.8, 4) is 0 Å². The molecule has 2 aromatic rings. The molecule has 1 aromatic carbocycles. The van der Waals surface area contributed by atoms with Crippen LogP contribution in [0.3, 0.4) is 0 Å². The smallest absolute Gasteiger partial charge is 0.274 e. The van der Waals surface area contributed by atoms with Crippen molar-refractivity contribution in [3.05, 3.63) is 52.5 Å². The van der Waals surface area contributed by atoms with Gasteiger partial charge in [-0.2, -0.15) is 0 Å². The molecule has 2 N–H and O–H groups in total. The molecule has 5 nitrogen and oxygen atoms in total. The highest BCUT2D eigenvalue weighted by Crippen LogP contribution is 2.53. The minimum atomic E-state index is -0.838. The minimum Gasteiger partial charge on any atom is -0.390 e. The lowest BCUT2D eigenvalue weighted by molar-refractivity contribution is -0.0612. The highest BCUT2D eigenvalue weighted by molar-refractivity contribution is 7.07. The molecule has 2 heterocycles. The van der Waals surface area contributed by atoms with Crippen LogP contribution in [0.2, 0.25) is 0 Å². The lowest BCUT2D eigenvalue weighted by Gasteiger charge is -2.38. The zero-order chi connectivity index (χ0) is 18.3. The number of rotatable bonds is 2. The fraction of sp³-hybridized carbons (Fsp3) is 0.500. The molecule has 1 saturated heterocycles. The summed E-state index contributed by atoms with van der Waals surface area (Å²) in [5.74, 6) is -0.0857. The molecule has 1 aromatic heterocycles. The van der Waals surface area contributed by atoms with Crippen LogP contribution in [0.25, 0.3) is 0 Å². The number of aliphatic hydroxyl groups excluding tert-OH is 2. The third-order valence-corrected chi connectivity index (χ3v) is 6.74. The predicted molar refractivity (Wildman–Crippen MR) is 99.8 cm³/mol. The van der Waals surface area contributed by atoms with E-state index in [-0.39, 0.29) is 18.0 Å². The summed E-state index contributed by atoms with van der Waals surface area (Å²) in [5.41, 5.74) is 2.65. The van der Waals surface area contributed by atoms with Gasteiger partial charge in [-0.1, -0.05) is 37.3 Å². The molecule has 5 atom stereocenters. The summed E-state index contributed by atoms with van der Waals surface area (Å²) in [6, 6.07) is 9.73. The molecule has 0 bridgehead atoms. The number of nitrogens with zero attached hydrogens (tertiary/aromatic N) is 2. The first-order valence-corrected chi connectivity index (χ1v) is 10.1. The van der Waals surface area contributed by atoms with Gasteiger partial charge in [-0.15, -0.1) is 11.3 Å². The Kier molecular flexibility index (Phi) is 4.59.